The molecule has 7 nitrogen and oxygen atoms in total. The van der Waals surface area contributed by atoms with Gasteiger partial charge in [-0.1, -0.05) is 12.1 Å². The standard InChI is InChI=1S/C25H25FN4O3/c1-16-22-19(14-20(21-4-3-11-33-21)28-23(22)30(2)29-16)24(31)27-15-25(9-12-32-13-10-25)17-5-7-18(26)8-6-17/h3-8,11,14H,9-10,12-13,15H2,1-2H3,(H,27,31). The van der Waals surface area contributed by atoms with Gasteiger partial charge in [-0.2, -0.15) is 5.10 Å². The summed E-state index contributed by atoms with van der Waals surface area (Å²) in [4.78, 5) is 18.2. The van der Waals surface area contributed by atoms with Gasteiger partial charge in [-0.05, 0) is 55.7 Å². The van der Waals surface area contributed by atoms with Gasteiger partial charge in [-0.3, -0.25) is 9.48 Å². The summed E-state index contributed by atoms with van der Waals surface area (Å²) in [6.45, 7) is 3.47. The summed E-state index contributed by atoms with van der Waals surface area (Å²) in [5.74, 6) is 0.0954. The lowest BCUT2D eigenvalue weighted by molar-refractivity contribution is 0.0487. The van der Waals surface area contributed by atoms with Gasteiger partial charge in [0.15, 0.2) is 11.4 Å². The van der Waals surface area contributed by atoms with Gasteiger partial charge in [-0.15, -0.1) is 0 Å². The molecule has 0 radical (unpaired) electrons. The van der Waals surface area contributed by atoms with Crippen molar-refractivity contribution in [1.29, 1.82) is 0 Å². The lowest BCUT2D eigenvalue weighted by Crippen LogP contribution is -2.44. The van der Waals surface area contributed by atoms with Crippen LogP contribution in [0.25, 0.3) is 22.5 Å². The smallest absolute Gasteiger partial charge is 0.252 e. The van der Waals surface area contributed by atoms with Crippen molar-refractivity contribution < 1.29 is 18.3 Å². The van der Waals surface area contributed by atoms with Gasteiger partial charge < -0.3 is 14.5 Å². The summed E-state index contributed by atoms with van der Waals surface area (Å²) >= 11 is 0. The van der Waals surface area contributed by atoms with E-state index in [1.165, 1.54) is 12.1 Å². The van der Waals surface area contributed by atoms with E-state index in [0.717, 1.165) is 24.1 Å². The quantitative estimate of drug-likeness (QED) is 0.496. The SMILES string of the molecule is Cc1nn(C)c2nc(-c3ccco3)cc(C(=O)NCC3(c4ccc(F)cc4)CCOCC3)c12. The summed E-state index contributed by atoms with van der Waals surface area (Å²) in [6, 6.07) is 11.9. The van der Waals surface area contributed by atoms with Gasteiger partial charge in [0.2, 0.25) is 0 Å². The molecule has 0 saturated carbocycles. The molecule has 1 aliphatic rings. The maximum absolute atomic E-state index is 13.5. The van der Waals surface area contributed by atoms with Crippen molar-refractivity contribution in [2.45, 2.75) is 25.2 Å². The molecule has 0 bridgehead atoms. The first-order valence-corrected chi connectivity index (χ1v) is 11.0. The van der Waals surface area contributed by atoms with Gasteiger partial charge in [0.1, 0.15) is 11.5 Å². The Morgan fingerprint density at radius 2 is 1.97 bits per heavy atom. The molecule has 170 valence electrons. The van der Waals surface area contributed by atoms with Gasteiger partial charge in [0.25, 0.3) is 5.91 Å². The Morgan fingerprint density at radius 3 is 2.67 bits per heavy atom. The number of hydrogen-bond acceptors (Lipinski definition) is 5. The number of rotatable bonds is 5. The second-order valence-electron chi connectivity index (χ2n) is 8.52. The number of carbonyl (C=O) groups excluding carboxylic acids is 1. The predicted octanol–water partition coefficient (Wildman–Crippen LogP) is 4.15. The van der Waals surface area contributed by atoms with Crippen molar-refractivity contribution in [1.82, 2.24) is 20.1 Å². The zero-order chi connectivity index (χ0) is 23.0. The third-order valence-electron chi connectivity index (χ3n) is 6.48. The zero-order valence-electron chi connectivity index (χ0n) is 18.6. The van der Waals surface area contributed by atoms with Crippen molar-refractivity contribution >= 4 is 16.9 Å². The highest BCUT2D eigenvalue weighted by Crippen LogP contribution is 2.35. The lowest BCUT2D eigenvalue weighted by Gasteiger charge is -2.38. The molecular formula is C25H25FN4O3. The fraction of sp³-hybridized carbons (Fsp3) is 0.320. The number of aryl methyl sites for hydroxylation is 2. The summed E-state index contributed by atoms with van der Waals surface area (Å²) in [5.41, 5.74) is 3.10. The number of carbonyl (C=O) groups is 1. The summed E-state index contributed by atoms with van der Waals surface area (Å²) in [7, 11) is 1.81. The Balaban J connectivity index is 1.50. The third-order valence-corrected chi connectivity index (χ3v) is 6.48. The average molecular weight is 448 g/mol. The van der Waals surface area contributed by atoms with E-state index in [1.54, 1.807) is 35.2 Å². The van der Waals surface area contributed by atoms with Crippen LogP contribution in [0.4, 0.5) is 4.39 Å². The zero-order valence-corrected chi connectivity index (χ0v) is 18.6. The molecule has 5 rings (SSSR count). The van der Waals surface area contributed by atoms with Crippen LogP contribution >= 0.6 is 0 Å². The van der Waals surface area contributed by atoms with Gasteiger partial charge in [0, 0.05) is 32.2 Å². The lowest BCUT2D eigenvalue weighted by atomic mass is 9.74. The molecule has 3 aromatic heterocycles. The summed E-state index contributed by atoms with van der Waals surface area (Å²) in [5, 5.41) is 8.32. The Kier molecular flexibility index (Phi) is 5.46. The van der Waals surface area contributed by atoms with E-state index in [1.807, 2.05) is 20.0 Å². The molecule has 1 saturated heterocycles. The van der Waals surface area contributed by atoms with E-state index in [-0.39, 0.29) is 17.1 Å². The van der Waals surface area contributed by atoms with Crippen LogP contribution in [0, 0.1) is 12.7 Å². The first-order valence-electron chi connectivity index (χ1n) is 11.0. The molecule has 1 aliphatic heterocycles. The molecule has 1 aromatic carbocycles. The van der Waals surface area contributed by atoms with E-state index in [4.69, 9.17) is 9.15 Å². The molecule has 8 heteroatoms. The fourth-order valence-electron chi connectivity index (χ4n) is 4.65. The average Bonchev–Trinajstić information content (AvgIpc) is 3.46. The van der Waals surface area contributed by atoms with Gasteiger partial charge in [0.05, 0.1) is 22.9 Å². The van der Waals surface area contributed by atoms with E-state index in [0.29, 0.717) is 47.8 Å². The highest BCUT2D eigenvalue weighted by molar-refractivity contribution is 6.07. The number of ether oxygens (including phenoxy) is 1. The first-order chi connectivity index (χ1) is 16.0. The Labute approximate surface area is 190 Å². The molecule has 33 heavy (non-hydrogen) atoms. The van der Waals surface area contributed by atoms with E-state index in [9.17, 15) is 9.18 Å². The second-order valence-corrected chi connectivity index (χ2v) is 8.52. The Morgan fingerprint density at radius 1 is 1.21 bits per heavy atom. The molecule has 1 N–H and O–H groups in total. The number of benzene rings is 1. The van der Waals surface area contributed by atoms with E-state index in [2.05, 4.69) is 15.4 Å². The number of aromatic nitrogens is 3. The highest BCUT2D eigenvalue weighted by Gasteiger charge is 2.35. The molecule has 0 atom stereocenters. The predicted molar refractivity (Wildman–Crippen MR) is 121 cm³/mol. The van der Waals surface area contributed by atoms with Crippen molar-refractivity contribution in [3.05, 3.63) is 71.4 Å². The van der Waals surface area contributed by atoms with Crippen LogP contribution in [-0.2, 0) is 17.2 Å². The van der Waals surface area contributed by atoms with E-state index < -0.39 is 0 Å². The number of fused-ring (bicyclic) bond motifs is 1. The molecule has 0 spiro atoms. The summed E-state index contributed by atoms with van der Waals surface area (Å²) in [6.07, 6.45) is 3.06. The minimum absolute atomic E-state index is 0.209. The largest absolute Gasteiger partial charge is 0.463 e. The van der Waals surface area contributed by atoms with Crippen LogP contribution in [-0.4, -0.2) is 40.4 Å². The minimum Gasteiger partial charge on any atom is -0.463 e. The number of amides is 1. The molecular weight excluding hydrogens is 423 g/mol. The van der Waals surface area contributed by atoms with Crippen LogP contribution in [0.2, 0.25) is 0 Å². The topological polar surface area (TPSA) is 82.2 Å². The molecule has 4 aromatic rings. The number of nitrogens with one attached hydrogen (secondary N) is 1. The number of furan rings is 1. The maximum Gasteiger partial charge on any atom is 0.252 e. The number of pyridine rings is 1. The van der Waals surface area contributed by atoms with Crippen LogP contribution in [0.15, 0.2) is 53.1 Å². The highest BCUT2D eigenvalue weighted by atomic mass is 19.1. The molecule has 4 heterocycles. The number of hydrogen-bond donors (Lipinski definition) is 1. The van der Waals surface area contributed by atoms with Gasteiger partial charge >= 0.3 is 0 Å². The van der Waals surface area contributed by atoms with Crippen LogP contribution in [0.3, 0.4) is 0 Å². The Hall–Kier alpha value is -3.52. The normalized spacial score (nSPS) is 15.6. The van der Waals surface area contributed by atoms with Crippen LogP contribution in [0.1, 0.15) is 34.5 Å². The van der Waals surface area contributed by atoms with Crippen molar-refractivity contribution in [2.24, 2.45) is 7.05 Å². The minimum atomic E-state index is -0.318. The van der Waals surface area contributed by atoms with Gasteiger partial charge in [-0.25, -0.2) is 9.37 Å². The van der Waals surface area contributed by atoms with Crippen molar-refractivity contribution in [2.75, 3.05) is 19.8 Å². The molecule has 0 aliphatic carbocycles. The van der Waals surface area contributed by atoms with Crippen molar-refractivity contribution in [3.63, 3.8) is 0 Å². The number of halogens is 1. The van der Waals surface area contributed by atoms with Crippen LogP contribution < -0.4 is 5.32 Å². The molecule has 1 fully saturated rings. The first kappa shape index (κ1) is 21.3. The number of nitrogens with zero attached hydrogens (tertiary/aromatic N) is 3. The molecule has 1 amide bonds. The van der Waals surface area contributed by atoms with Crippen LogP contribution in [0.5, 0.6) is 0 Å². The Bertz CT molecular complexity index is 1290. The van der Waals surface area contributed by atoms with E-state index >= 15 is 0 Å². The fourth-order valence-corrected chi connectivity index (χ4v) is 4.65. The third kappa shape index (κ3) is 3.91. The molecule has 0 unspecified atom stereocenters. The van der Waals surface area contributed by atoms with Crippen molar-refractivity contribution in [3.8, 4) is 11.5 Å². The maximum atomic E-state index is 13.5. The summed E-state index contributed by atoms with van der Waals surface area (Å²) < 4.78 is 26.3. The second kappa shape index (κ2) is 8.44. The monoisotopic (exact) mass is 448 g/mol.